The average Bonchev–Trinajstić information content (AvgIpc) is 2.91. The number of ether oxygens (including phenoxy) is 3. The van der Waals surface area contributed by atoms with E-state index in [0.717, 1.165) is 25.9 Å². The summed E-state index contributed by atoms with van der Waals surface area (Å²) in [7, 11) is 0. The fraction of sp³-hybridized carbons (Fsp3) is 0.500. The number of benzene rings is 1. The van der Waals surface area contributed by atoms with E-state index in [4.69, 9.17) is 19.9 Å². The van der Waals surface area contributed by atoms with E-state index in [2.05, 4.69) is 0 Å². The van der Waals surface area contributed by atoms with Crippen molar-refractivity contribution in [1.29, 1.82) is 0 Å². The molecule has 19 heavy (non-hydrogen) atoms. The van der Waals surface area contributed by atoms with Crippen molar-refractivity contribution in [1.82, 2.24) is 0 Å². The maximum atomic E-state index is 11.5. The van der Waals surface area contributed by atoms with Crippen LogP contribution in [-0.4, -0.2) is 31.9 Å². The van der Waals surface area contributed by atoms with E-state index in [1.165, 1.54) is 0 Å². The number of nitrogen functional groups attached to an aromatic ring is 1. The molecule has 1 atom stereocenters. The molecule has 0 amide bonds. The molecule has 1 aliphatic heterocycles. The van der Waals surface area contributed by atoms with Gasteiger partial charge in [0.25, 0.3) is 0 Å². The van der Waals surface area contributed by atoms with Gasteiger partial charge >= 0.3 is 5.97 Å². The molecule has 5 nitrogen and oxygen atoms in total. The second kappa shape index (κ2) is 6.99. The van der Waals surface area contributed by atoms with E-state index in [9.17, 15) is 4.79 Å². The SMILES string of the molecule is Nc1ccccc1OCC(=O)OCCC1CCCO1. The molecule has 1 heterocycles. The predicted molar refractivity (Wildman–Crippen MR) is 70.9 cm³/mol. The zero-order chi connectivity index (χ0) is 13.5. The number of carbonyl (C=O) groups excluding carboxylic acids is 1. The van der Waals surface area contributed by atoms with E-state index in [-0.39, 0.29) is 18.7 Å². The fourth-order valence-corrected chi connectivity index (χ4v) is 1.97. The Bertz CT molecular complexity index is 416. The van der Waals surface area contributed by atoms with Crippen molar-refractivity contribution in [2.75, 3.05) is 25.6 Å². The smallest absolute Gasteiger partial charge is 0.344 e. The van der Waals surface area contributed by atoms with Gasteiger partial charge in [0, 0.05) is 13.0 Å². The van der Waals surface area contributed by atoms with E-state index >= 15 is 0 Å². The summed E-state index contributed by atoms with van der Waals surface area (Å²) in [4.78, 5) is 11.5. The number of esters is 1. The van der Waals surface area contributed by atoms with Crippen LogP contribution in [0.4, 0.5) is 5.69 Å². The first-order valence-corrected chi connectivity index (χ1v) is 6.50. The van der Waals surface area contributed by atoms with Crippen molar-refractivity contribution >= 4 is 11.7 Å². The third-order valence-electron chi connectivity index (χ3n) is 2.99. The first-order chi connectivity index (χ1) is 9.25. The van der Waals surface area contributed by atoms with Crippen LogP contribution in [0.3, 0.4) is 0 Å². The van der Waals surface area contributed by atoms with Crippen LogP contribution in [0.2, 0.25) is 0 Å². The van der Waals surface area contributed by atoms with Crippen LogP contribution in [0.25, 0.3) is 0 Å². The van der Waals surface area contributed by atoms with Crippen molar-refractivity contribution in [2.45, 2.75) is 25.4 Å². The quantitative estimate of drug-likeness (QED) is 0.627. The zero-order valence-electron chi connectivity index (χ0n) is 10.8. The number of para-hydroxylation sites is 2. The summed E-state index contributed by atoms with van der Waals surface area (Å²) in [6.45, 7) is 1.06. The van der Waals surface area contributed by atoms with Gasteiger partial charge in [0.1, 0.15) is 5.75 Å². The average molecular weight is 265 g/mol. The minimum atomic E-state index is -0.388. The van der Waals surface area contributed by atoms with Crippen LogP contribution < -0.4 is 10.5 Å². The second-order valence-electron chi connectivity index (χ2n) is 4.47. The van der Waals surface area contributed by atoms with Gasteiger partial charge in [-0.05, 0) is 25.0 Å². The summed E-state index contributed by atoms with van der Waals surface area (Å²) in [5.41, 5.74) is 6.20. The van der Waals surface area contributed by atoms with Gasteiger partial charge in [0.2, 0.25) is 0 Å². The Morgan fingerprint density at radius 2 is 2.26 bits per heavy atom. The standard InChI is InChI=1S/C14H19NO4/c15-12-5-1-2-6-13(12)19-10-14(16)18-9-7-11-4-3-8-17-11/h1-2,5-6,11H,3-4,7-10,15H2. The molecule has 1 unspecified atom stereocenters. The summed E-state index contributed by atoms with van der Waals surface area (Å²) >= 11 is 0. The number of carbonyl (C=O) groups is 1. The fourth-order valence-electron chi connectivity index (χ4n) is 1.97. The second-order valence-corrected chi connectivity index (χ2v) is 4.47. The molecule has 1 aromatic carbocycles. The van der Waals surface area contributed by atoms with E-state index in [1.807, 2.05) is 6.07 Å². The van der Waals surface area contributed by atoms with E-state index < -0.39 is 0 Å². The number of anilines is 1. The molecule has 0 radical (unpaired) electrons. The number of rotatable bonds is 6. The number of nitrogens with two attached hydrogens (primary N) is 1. The normalized spacial score (nSPS) is 18.2. The topological polar surface area (TPSA) is 70.8 Å². The lowest BCUT2D eigenvalue weighted by atomic mass is 10.2. The van der Waals surface area contributed by atoms with Gasteiger partial charge in [0.05, 0.1) is 18.4 Å². The maximum absolute atomic E-state index is 11.5. The Labute approximate surface area is 112 Å². The largest absolute Gasteiger partial charge is 0.480 e. The molecule has 1 aliphatic rings. The van der Waals surface area contributed by atoms with Gasteiger partial charge in [-0.1, -0.05) is 12.1 Å². The highest BCUT2D eigenvalue weighted by atomic mass is 16.6. The third-order valence-corrected chi connectivity index (χ3v) is 2.99. The number of hydrogen-bond donors (Lipinski definition) is 1. The monoisotopic (exact) mass is 265 g/mol. The van der Waals surface area contributed by atoms with Gasteiger partial charge < -0.3 is 19.9 Å². The minimum Gasteiger partial charge on any atom is -0.480 e. The molecule has 5 heteroatoms. The van der Waals surface area contributed by atoms with Crippen molar-refractivity contribution in [3.63, 3.8) is 0 Å². The number of hydrogen-bond acceptors (Lipinski definition) is 5. The summed E-state index contributed by atoms with van der Waals surface area (Å²) in [6.07, 6.45) is 3.13. The van der Waals surface area contributed by atoms with Gasteiger partial charge in [0.15, 0.2) is 6.61 Å². The molecule has 104 valence electrons. The van der Waals surface area contributed by atoms with Gasteiger partial charge in [-0.25, -0.2) is 4.79 Å². The molecule has 1 saturated heterocycles. The third kappa shape index (κ3) is 4.44. The Balaban J connectivity index is 1.63. The first-order valence-electron chi connectivity index (χ1n) is 6.50. The summed E-state index contributed by atoms with van der Waals surface area (Å²) in [5, 5.41) is 0. The highest BCUT2D eigenvalue weighted by molar-refractivity contribution is 5.71. The van der Waals surface area contributed by atoms with Crippen LogP contribution in [0.5, 0.6) is 5.75 Å². The highest BCUT2D eigenvalue weighted by Crippen LogP contribution is 2.19. The molecule has 1 fully saturated rings. The van der Waals surface area contributed by atoms with Crippen molar-refractivity contribution in [3.8, 4) is 5.75 Å². The van der Waals surface area contributed by atoms with E-state index in [0.29, 0.717) is 18.0 Å². The lowest BCUT2D eigenvalue weighted by Gasteiger charge is -2.11. The maximum Gasteiger partial charge on any atom is 0.344 e. The summed E-state index contributed by atoms with van der Waals surface area (Å²) in [5.74, 6) is 0.111. The zero-order valence-corrected chi connectivity index (χ0v) is 10.8. The molecular formula is C14H19NO4. The lowest BCUT2D eigenvalue weighted by Crippen LogP contribution is -2.18. The molecule has 0 bridgehead atoms. The molecule has 2 rings (SSSR count). The van der Waals surface area contributed by atoms with Gasteiger partial charge in [-0.2, -0.15) is 0 Å². The van der Waals surface area contributed by atoms with Crippen LogP contribution in [-0.2, 0) is 14.3 Å². The summed E-state index contributed by atoms with van der Waals surface area (Å²) < 4.78 is 15.8. The Morgan fingerprint density at radius 1 is 1.42 bits per heavy atom. The molecular weight excluding hydrogens is 246 g/mol. The van der Waals surface area contributed by atoms with Crippen LogP contribution in [0.1, 0.15) is 19.3 Å². The first kappa shape index (κ1) is 13.7. The molecule has 0 aromatic heterocycles. The predicted octanol–water partition coefficient (Wildman–Crippen LogP) is 1.76. The molecule has 0 saturated carbocycles. The van der Waals surface area contributed by atoms with Crippen molar-refractivity contribution < 1.29 is 19.0 Å². The van der Waals surface area contributed by atoms with Gasteiger partial charge in [-0.3, -0.25) is 0 Å². The van der Waals surface area contributed by atoms with E-state index in [1.54, 1.807) is 18.2 Å². The summed E-state index contributed by atoms with van der Waals surface area (Å²) in [6, 6.07) is 7.05. The molecule has 1 aromatic rings. The lowest BCUT2D eigenvalue weighted by molar-refractivity contribution is -0.146. The molecule has 0 aliphatic carbocycles. The molecule has 0 spiro atoms. The van der Waals surface area contributed by atoms with Crippen molar-refractivity contribution in [2.24, 2.45) is 0 Å². The van der Waals surface area contributed by atoms with Crippen LogP contribution in [0.15, 0.2) is 24.3 Å². The Kier molecular flexibility index (Phi) is 5.03. The van der Waals surface area contributed by atoms with Crippen LogP contribution >= 0.6 is 0 Å². The highest BCUT2D eigenvalue weighted by Gasteiger charge is 2.16. The Hall–Kier alpha value is -1.75. The van der Waals surface area contributed by atoms with Crippen molar-refractivity contribution in [3.05, 3.63) is 24.3 Å². The minimum absolute atomic E-state index is 0.125. The molecule has 2 N–H and O–H groups in total. The van der Waals surface area contributed by atoms with Gasteiger partial charge in [-0.15, -0.1) is 0 Å². The Morgan fingerprint density at radius 3 is 3.00 bits per heavy atom. The van der Waals surface area contributed by atoms with Crippen LogP contribution in [0, 0.1) is 0 Å².